The van der Waals surface area contributed by atoms with Crippen molar-refractivity contribution in [3.8, 4) is 0 Å². The van der Waals surface area contributed by atoms with Crippen molar-refractivity contribution in [1.82, 2.24) is 9.78 Å². The van der Waals surface area contributed by atoms with Gasteiger partial charge in [-0.3, -0.25) is 4.79 Å². The maximum atomic E-state index is 11.8. The third-order valence-corrected chi connectivity index (χ3v) is 3.09. The molecule has 2 rings (SSSR count). The summed E-state index contributed by atoms with van der Waals surface area (Å²) in [5, 5.41) is 11.3. The lowest BCUT2D eigenvalue weighted by atomic mass is 10.3. The zero-order valence-electron chi connectivity index (χ0n) is 9.72. The molecule has 0 fully saturated rings. The van der Waals surface area contributed by atoms with Crippen molar-refractivity contribution in [3.63, 3.8) is 0 Å². The molecule has 0 aromatic carbocycles. The van der Waals surface area contributed by atoms with Crippen LogP contribution in [0.25, 0.3) is 0 Å². The monoisotopic (exact) mass is 249 g/mol. The summed E-state index contributed by atoms with van der Waals surface area (Å²) in [7, 11) is 0. The van der Waals surface area contributed by atoms with E-state index in [-0.39, 0.29) is 5.56 Å². The second-order valence-corrected chi connectivity index (χ2v) is 4.58. The minimum Gasteiger partial charge on any atom is -0.384 e. The maximum absolute atomic E-state index is 11.8. The van der Waals surface area contributed by atoms with Gasteiger partial charge in [-0.25, -0.2) is 4.68 Å². The Balaban J connectivity index is 2.12. The highest BCUT2D eigenvalue weighted by Gasteiger charge is 2.01. The highest BCUT2D eigenvalue weighted by molar-refractivity contribution is 7.07. The molecule has 1 N–H and O–H groups in total. The Bertz CT molecular complexity index is 519. The highest BCUT2D eigenvalue weighted by atomic mass is 32.1. The lowest BCUT2D eigenvalue weighted by Crippen LogP contribution is -2.23. The van der Waals surface area contributed by atoms with Crippen LogP contribution in [0.4, 0.5) is 5.69 Å². The summed E-state index contributed by atoms with van der Waals surface area (Å²) in [5.41, 5.74) is 1.83. The fraction of sp³-hybridized carbons (Fsp3) is 0.333. The van der Waals surface area contributed by atoms with Crippen LogP contribution in [-0.2, 0) is 6.54 Å². The summed E-state index contributed by atoms with van der Waals surface area (Å²) >= 11 is 1.62. The molecule has 0 aliphatic heterocycles. The predicted molar refractivity (Wildman–Crippen MR) is 70.7 cm³/mol. The van der Waals surface area contributed by atoms with Crippen molar-refractivity contribution in [3.05, 3.63) is 45.0 Å². The van der Waals surface area contributed by atoms with E-state index in [1.807, 2.05) is 16.8 Å². The Morgan fingerprint density at radius 1 is 1.53 bits per heavy atom. The van der Waals surface area contributed by atoms with Gasteiger partial charge < -0.3 is 5.32 Å². The van der Waals surface area contributed by atoms with E-state index in [2.05, 4.69) is 17.3 Å². The van der Waals surface area contributed by atoms with Gasteiger partial charge in [-0.05, 0) is 28.8 Å². The van der Waals surface area contributed by atoms with Crippen LogP contribution in [0, 0.1) is 0 Å². The molecule has 0 atom stereocenters. The summed E-state index contributed by atoms with van der Waals surface area (Å²) in [4.78, 5) is 11.8. The second kappa shape index (κ2) is 5.63. The van der Waals surface area contributed by atoms with Crippen molar-refractivity contribution in [1.29, 1.82) is 0 Å². The van der Waals surface area contributed by atoms with E-state index >= 15 is 0 Å². The van der Waals surface area contributed by atoms with Gasteiger partial charge >= 0.3 is 0 Å². The Morgan fingerprint density at radius 2 is 2.41 bits per heavy atom. The molecule has 4 nitrogen and oxygen atoms in total. The normalized spacial score (nSPS) is 10.4. The molecule has 2 aromatic heterocycles. The van der Waals surface area contributed by atoms with E-state index in [1.54, 1.807) is 23.6 Å². The minimum atomic E-state index is -0.0719. The molecule has 0 radical (unpaired) electrons. The van der Waals surface area contributed by atoms with Crippen LogP contribution in [0.2, 0.25) is 0 Å². The van der Waals surface area contributed by atoms with Gasteiger partial charge in [0, 0.05) is 12.6 Å². The Hall–Kier alpha value is -1.62. The van der Waals surface area contributed by atoms with Crippen LogP contribution in [0.1, 0.15) is 18.9 Å². The number of nitrogens with zero attached hydrogens (tertiary/aromatic N) is 2. The number of rotatable bonds is 5. The summed E-state index contributed by atoms with van der Waals surface area (Å²) in [6, 6.07) is 3.59. The Kier molecular flexibility index (Phi) is 3.93. The molecule has 5 heteroatoms. The highest BCUT2D eigenvalue weighted by Crippen LogP contribution is 2.07. The number of thiophene rings is 1. The third kappa shape index (κ3) is 3.17. The standard InChI is InChI=1S/C12H15N3OS/c1-2-4-13-11-6-12(16)15(14-7-11)8-10-3-5-17-9-10/h3,5-7,9,13H,2,4,8H2,1H3. The lowest BCUT2D eigenvalue weighted by molar-refractivity contribution is 0.641. The van der Waals surface area contributed by atoms with Gasteiger partial charge in [0.25, 0.3) is 5.56 Å². The van der Waals surface area contributed by atoms with Gasteiger partial charge in [0.05, 0.1) is 18.4 Å². The molecule has 0 spiro atoms. The number of nitrogens with one attached hydrogen (secondary N) is 1. The molecule has 90 valence electrons. The number of aromatic nitrogens is 2. The van der Waals surface area contributed by atoms with Crippen molar-refractivity contribution >= 4 is 17.0 Å². The van der Waals surface area contributed by atoms with Crippen LogP contribution in [0.3, 0.4) is 0 Å². The molecule has 0 amide bonds. The van der Waals surface area contributed by atoms with Crippen LogP contribution in [0.5, 0.6) is 0 Å². The molecule has 0 unspecified atom stereocenters. The molecule has 0 bridgehead atoms. The molecular formula is C12H15N3OS. The second-order valence-electron chi connectivity index (χ2n) is 3.80. The smallest absolute Gasteiger partial charge is 0.269 e. The molecule has 17 heavy (non-hydrogen) atoms. The van der Waals surface area contributed by atoms with Crippen LogP contribution in [0.15, 0.2) is 33.9 Å². The van der Waals surface area contributed by atoms with E-state index in [4.69, 9.17) is 0 Å². The van der Waals surface area contributed by atoms with E-state index in [0.717, 1.165) is 24.2 Å². The molecular weight excluding hydrogens is 234 g/mol. The minimum absolute atomic E-state index is 0.0719. The molecule has 0 saturated heterocycles. The first kappa shape index (κ1) is 11.9. The first-order valence-corrected chi connectivity index (χ1v) is 6.56. The topological polar surface area (TPSA) is 46.9 Å². The Morgan fingerprint density at radius 3 is 3.06 bits per heavy atom. The summed E-state index contributed by atoms with van der Waals surface area (Å²) in [6.07, 6.45) is 2.72. The first-order valence-electron chi connectivity index (χ1n) is 5.61. The van der Waals surface area contributed by atoms with E-state index in [0.29, 0.717) is 6.54 Å². The summed E-state index contributed by atoms with van der Waals surface area (Å²) in [5.74, 6) is 0. The maximum Gasteiger partial charge on any atom is 0.269 e. The molecule has 2 aromatic rings. The van der Waals surface area contributed by atoms with E-state index < -0.39 is 0 Å². The lowest BCUT2D eigenvalue weighted by Gasteiger charge is -2.06. The average Bonchev–Trinajstić information content (AvgIpc) is 2.82. The van der Waals surface area contributed by atoms with Gasteiger partial charge in [-0.2, -0.15) is 16.4 Å². The van der Waals surface area contributed by atoms with Gasteiger partial charge in [0.15, 0.2) is 0 Å². The van der Waals surface area contributed by atoms with Crippen LogP contribution >= 0.6 is 11.3 Å². The fourth-order valence-corrected chi connectivity index (χ4v) is 2.13. The average molecular weight is 249 g/mol. The van der Waals surface area contributed by atoms with Gasteiger partial charge in [-0.1, -0.05) is 6.92 Å². The third-order valence-electron chi connectivity index (χ3n) is 2.36. The van der Waals surface area contributed by atoms with Crippen molar-refractivity contribution in [2.75, 3.05) is 11.9 Å². The Labute approximate surface area is 104 Å². The van der Waals surface area contributed by atoms with Crippen molar-refractivity contribution in [2.24, 2.45) is 0 Å². The van der Waals surface area contributed by atoms with E-state index in [1.165, 1.54) is 4.68 Å². The van der Waals surface area contributed by atoms with Crippen molar-refractivity contribution in [2.45, 2.75) is 19.9 Å². The fourth-order valence-electron chi connectivity index (χ4n) is 1.47. The molecule has 2 heterocycles. The zero-order valence-corrected chi connectivity index (χ0v) is 10.5. The largest absolute Gasteiger partial charge is 0.384 e. The number of hydrogen-bond donors (Lipinski definition) is 1. The quantitative estimate of drug-likeness (QED) is 0.883. The van der Waals surface area contributed by atoms with Crippen LogP contribution < -0.4 is 10.9 Å². The van der Waals surface area contributed by atoms with Crippen LogP contribution in [-0.4, -0.2) is 16.3 Å². The van der Waals surface area contributed by atoms with Gasteiger partial charge in [-0.15, -0.1) is 0 Å². The van der Waals surface area contributed by atoms with Gasteiger partial charge in [0.1, 0.15) is 0 Å². The summed E-state index contributed by atoms with van der Waals surface area (Å²) in [6.45, 7) is 3.48. The number of anilines is 1. The van der Waals surface area contributed by atoms with E-state index in [9.17, 15) is 4.79 Å². The van der Waals surface area contributed by atoms with Gasteiger partial charge in [0.2, 0.25) is 0 Å². The first-order chi connectivity index (χ1) is 8.29. The predicted octanol–water partition coefficient (Wildman–Crippen LogP) is 2.17. The molecule has 0 saturated carbocycles. The SMILES string of the molecule is CCCNc1cnn(Cc2ccsc2)c(=O)c1. The summed E-state index contributed by atoms with van der Waals surface area (Å²) < 4.78 is 1.47. The molecule has 0 aliphatic carbocycles. The zero-order chi connectivity index (χ0) is 12.1. The number of hydrogen-bond acceptors (Lipinski definition) is 4. The van der Waals surface area contributed by atoms with Crippen molar-refractivity contribution < 1.29 is 0 Å². The molecule has 0 aliphatic rings.